The van der Waals surface area contributed by atoms with Gasteiger partial charge < -0.3 is 4.74 Å². The number of Topliss-reactive ketones (excluding diaryl/α,β-unsaturated/α-hetero) is 1. The number of carbonyl (C=O) groups is 2. The summed E-state index contributed by atoms with van der Waals surface area (Å²) >= 11 is 0. The third kappa shape index (κ3) is 4.68. The molecule has 0 aliphatic heterocycles. The molecule has 0 heterocycles. The highest BCUT2D eigenvalue weighted by Crippen LogP contribution is 2.34. The smallest absolute Gasteiger partial charge is 0.377 e. The topological polar surface area (TPSA) is 43.4 Å². The number of alkyl halides is 2. The molecule has 0 amide bonds. The van der Waals surface area contributed by atoms with Crippen LogP contribution in [0.2, 0.25) is 0 Å². The van der Waals surface area contributed by atoms with Gasteiger partial charge in [0.05, 0.1) is 12.5 Å². The number of ketones is 1. The minimum Gasteiger partial charge on any atom is -0.462 e. The first kappa shape index (κ1) is 19.6. The third-order valence-electron chi connectivity index (χ3n) is 3.75. The molecule has 26 heavy (non-hydrogen) atoms. The normalized spacial score (nSPS) is 12.5. The summed E-state index contributed by atoms with van der Waals surface area (Å²) in [6.07, 6.45) is -1.15. The van der Waals surface area contributed by atoms with E-state index >= 15 is 0 Å². The highest BCUT2D eigenvalue weighted by atomic mass is 19.3. The third-order valence-corrected chi connectivity index (χ3v) is 3.75. The highest BCUT2D eigenvalue weighted by molar-refractivity contribution is 6.01. The number of halogens is 4. The van der Waals surface area contributed by atoms with Gasteiger partial charge in [-0.1, -0.05) is 12.1 Å². The van der Waals surface area contributed by atoms with E-state index in [-0.39, 0.29) is 17.7 Å². The molecule has 0 aromatic heterocycles. The summed E-state index contributed by atoms with van der Waals surface area (Å²) in [7, 11) is 0. The first-order valence-electron chi connectivity index (χ1n) is 7.85. The van der Waals surface area contributed by atoms with Gasteiger partial charge in [0, 0.05) is 12.0 Å². The lowest BCUT2D eigenvalue weighted by Gasteiger charge is -2.22. The number of carbonyl (C=O) groups excluding carboxylic acids is 2. The van der Waals surface area contributed by atoms with E-state index in [4.69, 9.17) is 0 Å². The highest BCUT2D eigenvalue weighted by Gasteiger charge is 2.44. The number of hydrogen-bond donors (Lipinski definition) is 0. The molecule has 0 saturated heterocycles. The van der Waals surface area contributed by atoms with Gasteiger partial charge in [0.2, 0.25) is 0 Å². The Bertz CT molecular complexity index is 770. The van der Waals surface area contributed by atoms with Crippen molar-refractivity contribution in [1.82, 2.24) is 0 Å². The Morgan fingerprint density at radius 1 is 0.962 bits per heavy atom. The molecule has 2 rings (SSSR count). The zero-order chi connectivity index (χ0) is 19.3. The van der Waals surface area contributed by atoms with Crippen molar-refractivity contribution in [3.63, 3.8) is 0 Å². The molecule has 7 heteroatoms. The molecular formula is C19H16F4O3. The van der Waals surface area contributed by atoms with Gasteiger partial charge in [0.1, 0.15) is 11.6 Å². The van der Waals surface area contributed by atoms with Gasteiger partial charge in [0.15, 0.2) is 5.78 Å². The van der Waals surface area contributed by atoms with Crippen molar-refractivity contribution in [3.8, 4) is 0 Å². The Balaban J connectivity index is 2.38. The van der Waals surface area contributed by atoms with Crippen molar-refractivity contribution in [2.45, 2.75) is 25.2 Å². The minimum absolute atomic E-state index is 0.000355. The number of ether oxygens (including phenoxy) is 1. The second-order valence-electron chi connectivity index (χ2n) is 5.60. The van der Waals surface area contributed by atoms with E-state index in [9.17, 15) is 27.2 Å². The van der Waals surface area contributed by atoms with E-state index in [1.54, 1.807) is 0 Å². The predicted molar refractivity (Wildman–Crippen MR) is 86.1 cm³/mol. The van der Waals surface area contributed by atoms with Crippen molar-refractivity contribution >= 4 is 11.8 Å². The summed E-state index contributed by atoms with van der Waals surface area (Å²) < 4.78 is 58.9. The van der Waals surface area contributed by atoms with Gasteiger partial charge in [-0.15, -0.1) is 0 Å². The first-order valence-corrected chi connectivity index (χ1v) is 7.85. The molecular weight excluding hydrogens is 352 g/mol. The Morgan fingerprint density at radius 2 is 1.46 bits per heavy atom. The second kappa shape index (κ2) is 8.12. The van der Waals surface area contributed by atoms with Gasteiger partial charge in [-0.2, -0.15) is 8.78 Å². The van der Waals surface area contributed by atoms with Gasteiger partial charge >= 0.3 is 11.9 Å². The van der Waals surface area contributed by atoms with Gasteiger partial charge in [-0.05, 0) is 48.9 Å². The number of esters is 1. The lowest BCUT2D eigenvalue weighted by Crippen LogP contribution is -2.34. The zero-order valence-corrected chi connectivity index (χ0v) is 13.8. The van der Waals surface area contributed by atoms with Crippen molar-refractivity contribution in [3.05, 3.63) is 71.3 Å². The van der Waals surface area contributed by atoms with Crippen LogP contribution in [0.5, 0.6) is 0 Å². The molecule has 0 N–H and O–H groups in total. The molecule has 0 aliphatic rings. The lowest BCUT2D eigenvalue weighted by atomic mass is 9.86. The van der Waals surface area contributed by atoms with Crippen LogP contribution in [0.15, 0.2) is 48.5 Å². The Morgan fingerprint density at radius 3 is 1.96 bits per heavy atom. The Labute approximate surface area is 147 Å². The van der Waals surface area contributed by atoms with Crippen LogP contribution < -0.4 is 0 Å². The number of benzene rings is 2. The van der Waals surface area contributed by atoms with Gasteiger partial charge in [-0.3, -0.25) is 4.79 Å². The molecule has 3 nitrogen and oxygen atoms in total. The SMILES string of the molecule is CCOC(=O)C(F)(F)CC(C(=O)c1ccc(F)cc1)c1ccc(F)cc1. The van der Waals surface area contributed by atoms with Crippen LogP contribution >= 0.6 is 0 Å². The van der Waals surface area contributed by atoms with E-state index < -0.39 is 41.6 Å². The second-order valence-corrected chi connectivity index (χ2v) is 5.60. The monoisotopic (exact) mass is 368 g/mol. The minimum atomic E-state index is -3.91. The standard InChI is InChI=1S/C19H16F4O3/c1-2-26-18(25)19(22,23)11-16(12-3-7-14(20)8-4-12)17(24)13-5-9-15(21)10-6-13/h3-10,16H,2,11H2,1H3. The quantitative estimate of drug-likeness (QED) is 0.410. The van der Waals surface area contributed by atoms with E-state index in [1.807, 2.05) is 0 Å². The fraction of sp³-hybridized carbons (Fsp3) is 0.263. The Kier molecular flexibility index (Phi) is 6.13. The molecule has 0 spiro atoms. The summed E-state index contributed by atoms with van der Waals surface area (Å²) in [5, 5.41) is 0. The van der Waals surface area contributed by atoms with Crippen LogP contribution in [-0.2, 0) is 9.53 Å². The fourth-order valence-corrected chi connectivity index (χ4v) is 2.45. The van der Waals surface area contributed by atoms with E-state index in [0.29, 0.717) is 0 Å². The van der Waals surface area contributed by atoms with Crippen LogP contribution in [0.25, 0.3) is 0 Å². The maximum Gasteiger partial charge on any atom is 0.377 e. The van der Waals surface area contributed by atoms with Crippen molar-refractivity contribution in [1.29, 1.82) is 0 Å². The fourth-order valence-electron chi connectivity index (χ4n) is 2.45. The average Bonchev–Trinajstić information content (AvgIpc) is 2.61. The van der Waals surface area contributed by atoms with Crippen LogP contribution in [0.1, 0.15) is 35.2 Å². The maximum absolute atomic E-state index is 14.2. The summed E-state index contributed by atoms with van der Waals surface area (Å²) in [6, 6.07) is 8.83. The zero-order valence-electron chi connectivity index (χ0n) is 13.8. The first-order chi connectivity index (χ1) is 12.2. The average molecular weight is 368 g/mol. The van der Waals surface area contributed by atoms with Crippen LogP contribution in [0.4, 0.5) is 17.6 Å². The van der Waals surface area contributed by atoms with Crippen molar-refractivity contribution < 1.29 is 31.9 Å². The summed E-state index contributed by atoms with van der Waals surface area (Å²) in [6.45, 7) is 1.15. The molecule has 0 saturated carbocycles. The van der Waals surface area contributed by atoms with E-state index in [0.717, 1.165) is 36.4 Å². The number of hydrogen-bond acceptors (Lipinski definition) is 3. The van der Waals surface area contributed by atoms with Crippen LogP contribution in [0.3, 0.4) is 0 Å². The van der Waals surface area contributed by atoms with Crippen molar-refractivity contribution in [2.75, 3.05) is 6.61 Å². The molecule has 0 fully saturated rings. The molecule has 0 aliphatic carbocycles. The molecule has 1 unspecified atom stereocenters. The lowest BCUT2D eigenvalue weighted by molar-refractivity contribution is -0.172. The van der Waals surface area contributed by atoms with Gasteiger partial charge in [0.25, 0.3) is 0 Å². The van der Waals surface area contributed by atoms with Gasteiger partial charge in [-0.25, -0.2) is 13.6 Å². The summed E-state index contributed by atoms with van der Waals surface area (Å²) in [5.41, 5.74) is 0.116. The molecule has 1 atom stereocenters. The summed E-state index contributed by atoms with van der Waals surface area (Å²) in [4.78, 5) is 24.2. The van der Waals surface area contributed by atoms with E-state index in [2.05, 4.69) is 4.74 Å². The predicted octanol–water partition coefficient (Wildman–Crippen LogP) is 4.52. The molecule has 0 bridgehead atoms. The molecule has 2 aromatic carbocycles. The Hall–Kier alpha value is -2.70. The van der Waals surface area contributed by atoms with Crippen LogP contribution in [-0.4, -0.2) is 24.3 Å². The van der Waals surface area contributed by atoms with E-state index in [1.165, 1.54) is 19.1 Å². The molecule has 0 radical (unpaired) electrons. The maximum atomic E-state index is 14.2. The van der Waals surface area contributed by atoms with Crippen LogP contribution in [0, 0.1) is 11.6 Å². The largest absolute Gasteiger partial charge is 0.462 e. The molecule has 138 valence electrons. The molecule has 2 aromatic rings. The summed E-state index contributed by atoms with van der Waals surface area (Å²) in [5.74, 6) is -9.00. The van der Waals surface area contributed by atoms with Crippen molar-refractivity contribution in [2.24, 2.45) is 0 Å². The number of rotatable bonds is 7.